The van der Waals surface area contributed by atoms with Crippen molar-refractivity contribution in [2.45, 2.75) is 6.54 Å². The third-order valence-electron chi connectivity index (χ3n) is 4.37. The molecule has 1 amide bonds. The van der Waals surface area contributed by atoms with E-state index in [2.05, 4.69) is 15.4 Å². The van der Waals surface area contributed by atoms with Crippen LogP contribution in [0.4, 0.5) is 4.39 Å². The van der Waals surface area contributed by atoms with Gasteiger partial charge in [0.2, 0.25) is 0 Å². The molecule has 9 heteroatoms. The minimum atomic E-state index is -0.521. The predicted molar refractivity (Wildman–Crippen MR) is 107 cm³/mol. The average Bonchev–Trinajstić information content (AvgIpc) is 3.10. The SMILES string of the molecule is Cn1cnc2c(C(=O)NCc3cccc(F)c3)nn(-c3ccc(Cl)cc3)c2c1=O. The van der Waals surface area contributed by atoms with E-state index in [0.717, 1.165) is 0 Å². The van der Waals surface area contributed by atoms with Crippen LogP contribution in [-0.4, -0.2) is 25.2 Å². The van der Waals surface area contributed by atoms with Crippen LogP contribution < -0.4 is 10.9 Å². The van der Waals surface area contributed by atoms with Gasteiger partial charge >= 0.3 is 0 Å². The number of carbonyl (C=O) groups is 1. The van der Waals surface area contributed by atoms with Gasteiger partial charge in [0.25, 0.3) is 11.5 Å². The standard InChI is InChI=1S/C20H15ClFN5O2/c1-26-11-24-16-17(19(28)23-10-12-3-2-4-14(22)9-12)25-27(18(16)20(26)29)15-7-5-13(21)6-8-15/h2-9,11H,10H2,1H3,(H,23,28). The number of nitrogens with zero attached hydrogens (tertiary/aromatic N) is 4. The molecular formula is C20H15ClFN5O2. The monoisotopic (exact) mass is 411 g/mol. The van der Waals surface area contributed by atoms with Gasteiger partial charge in [-0.05, 0) is 42.0 Å². The summed E-state index contributed by atoms with van der Waals surface area (Å²) in [5, 5.41) is 7.56. The molecule has 0 saturated heterocycles. The third kappa shape index (κ3) is 3.62. The lowest BCUT2D eigenvalue weighted by atomic mass is 10.2. The van der Waals surface area contributed by atoms with E-state index in [0.29, 0.717) is 16.3 Å². The van der Waals surface area contributed by atoms with E-state index in [1.54, 1.807) is 43.4 Å². The number of rotatable bonds is 4. The number of hydrogen-bond acceptors (Lipinski definition) is 4. The summed E-state index contributed by atoms with van der Waals surface area (Å²) >= 11 is 5.94. The topological polar surface area (TPSA) is 81.8 Å². The van der Waals surface area contributed by atoms with Gasteiger partial charge in [0, 0.05) is 18.6 Å². The highest BCUT2D eigenvalue weighted by Crippen LogP contribution is 2.19. The van der Waals surface area contributed by atoms with Crippen LogP contribution in [0.15, 0.2) is 59.7 Å². The third-order valence-corrected chi connectivity index (χ3v) is 4.62. The molecule has 0 atom stereocenters. The molecule has 0 radical (unpaired) electrons. The number of amides is 1. The van der Waals surface area contributed by atoms with Crippen molar-refractivity contribution in [1.82, 2.24) is 24.6 Å². The van der Waals surface area contributed by atoms with Crippen molar-refractivity contribution in [3.8, 4) is 5.69 Å². The van der Waals surface area contributed by atoms with Gasteiger partial charge in [-0.2, -0.15) is 5.10 Å². The fraction of sp³-hybridized carbons (Fsp3) is 0.100. The van der Waals surface area contributed by atoms with Gasteiger partial charge in [0.1, 0.15) is 11.3 Å². The average molecular weight is 412 g/mol. The largest absolute Gasteiger partial charge is 0.346 e. The molecule has 4 aromatic rings. The maximum absolute atomic E-state index is 13.3. The highest BCUT2D eigenvalue weighted by Gasteiger charge is 2.22. The first-order chi connectivity index (χ1) is 13.9. The Bertz CT molecular complexity index is 1280. The van der Waals surface area contributed by atoms with Crippen molar-refractivity contribution in [3.63, 3.8) is 0 Å². The molecule has 0 unspecified atom stereocenters. The molecule has 0 aliphatic carbocycles. The molecule has 0 aliphatic heterocycles. The first kappa shape index (κ1) is 18.8. The molecule has 1 N–H and O–H groups in total. The number of hydrogen-bond donors (Lipinski definition) is 1. The van der Waals surface area contributed by atoms with Gasteiger partial charge in [-0.3, -0.25) is 9.59 Å². The highest BCUT2D eigenvalue weighted by molar-refractivity contribution is 6.30. The lowest BCUT2D eigenvalue weighted by Crippen LogP contribution is -2.24. The van der Waals surface area contributed by atoms with E-state index in [9.17, 15) is 14.0 Å². The predicted octanol–water partition coefficient (Wildman–Crippen LogP) is 2.84. The Balaban J connectivity index is 1.76. The molecule has 2 heterocycles. The molecule has 4 rings (SSSR count). The zero-order chi connectivity index (χ0) is 20.5. The van der Waals surface area contributed by atoms with E-state index < -0.39 is 5.91 Å². The second-order valence-electron chi connectivity index (χ2n) is 6.41. The van der Waals surface area contributed by atoms with E-state index in [1.165, 1.54) is 27.7 Å². The lowest BCUT2D eigenvalue weighted by molar-refractivity contribution is 0.0947. The summed E-state index contributed by atoms with van der Waals surface area (Å²) in [7, 11) is 1.57. The summed E-state index contributed by atoms with van der Waals surface area (Å²) in [6, 6.07) is 12.6. The number of carbonyl (C=O) groups excluding carboxylic acids is 1. The second-order valence-corrected chi connectivity index (χ2v) is 6.84. The quantitative estimate of drug-likeness (QED) is 0.560. The summed E-state index contributed by atoms with van der Waals surface area (Å²) in [6.07, 6.45) is 1.34. The van der Waals surface area contributed by atoms with Crippen LogP contribution in [0.25, 0.3) is 16.7 Å². The van der Waals surface area contributed by atoms with Crippen LogP contribution in [-0.2, 0) is 13.6 Å². The van der Waals surface area contributed by atoms with Gasteiger partial charge < -0.3 is 9.88 Å². The summed E-state index contributed by atoms with van der Waals surface area (Å²) in [5.74, 6) is -0.910. The van der Waals surface area contributed by atoms with Crippen molar-refractivity contribution in [2.75, 3.05) is 0 Å². The highest BCUT2D eigenvalue weighted by atomic mass is 35.5. The van der Waals surface area contributed by atoms with Crippen molar-refractivity contribution in [2.24, 2.45) is 7.05 Å². The van der Waals surface area contributed by atoms with Crippen molar-refractivity contribution < 1.29 is 9.18 Å². The molecule has 29 heavy (non-hydrogen) atoms. The maximum atomic E-state index is 13.3. The molecule has 0 aliphatic rings. The van der Waals surface area contributed by atoms with Crippen molar-refractivity contribution >= 4 is 28.5 Å². The Hall–Kier alpha value is -3.52. The van der Waals surface area contributed by atoms with Crippen LogP contribution in [0, 0.1) is 5.82 Å². The molecule has 146 valence electrons. The fourth-order valence-corrected chi connectivity index (χ4v) is 3.05. The Kier molecular flexibility index (Phi) is 4.85. The van der Waals surface area contributed by atoms with Crippen molar-refractivity contribution in [1.29, 1.82) is 0 Å². The Morgan fingerprint density at radius 1 is 1.21 bits per heavy atom. The molecule has 0 bridgehead atoms. The van der Waals surface area contributed by atoms with E-state index in [-0.39, 0.29) is 34.6 Å². The number of nitrogens with one attached hydrogen (secondary N) is 1. The normalized spacial score (nSPS) is 11.0. The van der Waals surface area contributed by atoms with Gasteiger partial charge in [0.15, 0.2) is 11.2 Å². The minimum absolute atomic E-state index is 0.00375. The van der Waals surface area contributed by atoms with Crippen molar-refractivity contribution in [3.05, 3.63) is 87.3 Å². The summed E-state index contributed by atoms with van der Waals surface area (Å²) < 4.78 is 16.0. The van der Waals surface area contributed by atoms with Gasteiger partial charge in [-0.25, -0.2) is 14.1 Å². The molecule has 0 saturated carbocycles. The number of aromatic nitrogens is 4. The Morgan fingerprint density at radius 3 is 2.69 bits per heavy atom. The summed E-state index contributed by atoms with van der Waals surface area (Å²) in [5.41, 5.74) is 1.18. The van der Waals surface area contributed by atoms with Crippen LogP contribution in [0.5, 0.6) is 0 Å². The first-order valence-electron chi connectivity index (χ1n) is 8.67. The molecule has 7 nitrogen and oxygen atoms in total. The second kappa shape index (κ2) is 7.48. The van der Waals surface area contributed by atoms with E-state index in [1.807, 2.05) is 0 Å². The molecular weight excluding hydrogens is 397 g/mol. The van der Waals surface area contributed by atoms with Crippen LogP contribution >= 0.6 is 11.6 Å². The minimum Gasteiger partial charge on any atom is -0.346 e. The number of halogens is 2. The summed E-state index contributed by atoms with van der Waals surface area (Å²) in [4.78, 5) is 29.7. The van der Waals surface area contributed by atoms with E-state index in [4.69, 9.17) is 11.6 Å². The Labute approximate surface area is 169 Å². The fourth-order valence-electron chi connectivity index (χ4n) is 2.92. The number of fused-ring (bicyclic) bond motifs is 1. The maximum Gasteiger partial charge on any atom is 0.279 e. The zero-order valence-corrected chi connectivity index (χ0v) is 16.0. The van der Waals surface area contributed by atoms with E-state index >= 15 is 0 Å². The first-order valence-corrected chi connectivity index (χ1v) is 9.05. The number of aryl methyl sites for hydroxylation is 1. The van der Waals surface area contributed by atoms with Crippen LogP contribution in [0.2, 0.25) is 5.02 Å². The van der Waals surface area contributed by atoms with Gasteiger partial charge in [0.05, 0.1) is 12.0 Å². The smallest absolute Gasteiger partial charge is 0.279 e. The van der Waals surface area contributed by atoms with Gasteiger partial charge in [-0.15, -0.1) is 0 Å². The van der Waals surface area contributed by atoms with Crippen LogP contribution in [0.1, 0.15) is 16.1 Å². The lowest BCUT2D eigenvalue weighted by Gasteiger charge is -2.04. The van der Waals surface area contributed by atoms with Gasteiger partial charge in [-0.1, -0.05) is 23.7 Å². The molecule has 0 spiro atoms. The number of benzene rings is 2. The molecule has 0 fully saturated rings. The zero-order valence-electron chi connectivity index (χ0n) is 15.3. The molecule has 2 aromatic carbocycles. The summed E-state index contributed by atoms with van der Waals surface area (Å²) in [6.45, 7) is 0.108. The molecule has 2 aromatic heterocycles. The van der Waals surface area contributed by atoms with Crippen LogP contribution in [0.3, 0.4) is 0 Å². The Morgan fingerprint density at radius 2 is 1.97 bits per heavy atom.